The highest BCUT2D eigenvalue weighted by molar-refractivity contribution is 7.89. The summed E-state index contributed by atoms with van der Waals surface area (Å²) in [7, 11) is -3.68. The first-order valence-corrected chi connectivity index (χ1v) is 10.8. The fourth-order valence-electron chi connectivity index (χ4n) is 3.70. The SMILES string of the molecule is CCOc1ccc(S(=O)(=O)N2CCc3ccccc3C2c2ccncc2)cc1. The van der Waals surface area contributed by atoms with Crippen molar-refractivity contribution in [2.75, 3.05) is 13.2 Å². The van der Waals surface area contributed by atoms with Crippen molar-refractivity contribution in [3.8, 4) is 5.75 Å². The van der Waals surface area contributed by atoms with Crippen molar-refractivity contribution in [3.63, 3.8) is 0 Å². The molecule has 5 nitrogen and oxygen atoms in total. The highest BCUT2D eigenvalue weighted by Crippen LogP contribution is 2.38. The van der Waals surface area contributed by atoms with Crippen molar-refractivity contribution in [2.45, 2.75) is 24.3 Å². The lowest BCUT2D eigenvalue weighted by Gasteiger charge is -2.36. The molecule has 1 atom stereocenters. The van der Waals surface area contributed by atoms with Crippen LogP contribution >= 0.6 is 0 Å². The van der Waals surface area contributed by atoms with E-state index in [0.717, 1.165) is 11.1 Å². The van der Waals surface area contributed by atoms with Crippen LogP contribution in [0.1, 0.15) is 29.7 Å². The zero-order valence-corrected chi connectivity index (χ0v) is 16.5. The number of hydrogen-bond acceptors (Lipinski definition) is 4. The topological polar surface area (TPSA) is 59.5 Å². The molecule has 0 N–H and O–H groups in total. The van der Waals surface area contributed by atoms with E-state index in [0.29, 0.717) is 25.3 Å². The molecular weight excluding hydrogens is 372 g/mol. The molecule has 1 aliphatic rings. The van der Waals surface area contributed by atoms with Crippen molar-refractivity contribution < 1.29 is 13.2 Å². The molecule has 2 heterocycles. The number of hydrogen-bond donors (Lipinski definition) is 0. The smallest absolute Gasteiger partial charge is 0.243 e. The number of fused-ring (bicyclic) bond motifs is 1. The van der Waals surface area contributed by atoms with Gasteiger partial charge in [0.05, 0.1) is 17.5 Å². The summed E-state index contributed by atoms with van der Waals surface area (Å²) in [6, 6.07) is 18.1. The molecule has 0 fully saturated rings. The van der Waals surface area contributed by atoms with E-state index in [4.69, 9.17) is 4.74 Å². The fourth-order valence-corrected chi connectivity index (χ4v) is 5.30. The van der Waals surface area contributed by atoms with Crippen LogP contribution in [0.15, 0.2) is 78.0 Å². The number of pyridine rings is 1. The molecule has 1 aromatic heterocycles. The standard InChI is InChI=1S/C22H22N2O3S/c1-2-27-19-7-9-20(10-8-19)28(25,26)24-16-13-17-5-3-4-6-21(17)22(24)18-11-14-23-15-12-18/h3-12,14-15,22H,2,13,16H2,1H3. The summed E-state index contributed by atoms with van der Waals surface area (Å²) in [5, 5.41) is 0. The van der Waals surface area contributed by atoms with Crippen LogP contribution in [0.25, 0.3) is 0 Å². The molecule has 0 bridgehead atoms. The molecule has 28 heavy (non-hydrogen) atoms. The number of sulfonamides is 1. The van der Waals surface area contributed by atoms with Crippen LogP contribution in [0.4, 0.5) is 0 Å². The Morgan fingerprint density at radius 3 is 2.46 bits per heavy atom. The highest BCUT2D eigenvalue weighted by Gasteiger charge is 2.37. The molecule has 6 heteroatoms. The average molecular weight is 394 g/mol. The maximum Gasteiger partial charge on any atom is 0.243 e. The summed E-state index contributed by atoms with van der Waals surface area (Å²) in [5.41, 5.74) is 3.12. The first-order valence-electron chi connectivity index (χ1n) is 9.33. The van der Waals surface area contributed by atoms with Gasteiger partial charge in [0.15, 0.2) is 0 Å². The number of ether oxygens (including phenoxy) is 1. The lowest BCUT2D eigenvalue weighted by molar-refractivity contribution is 0.338. The van der Waals surface area contributed by atoms with Crippen LogP contribution in [0, 0.1) is 0 Å². The minimum atomic E-state index is -3.68. The summed E-state index contributed by atoms with van der Waals surface area (Å²) < 4.78 is 34.1. The molecule has 0 saturated heterocycles. The van der Waals surface area contributed by atoms with Gasteiger partial charge in [-0.1, -0.05) is 24.3 Å². The second-order valence-corrected chi connectivity index (χ2v) is 8.54. The van der Waals surface area contributed by atoms with Gasteiger partial charge in [-0.05, 0) is 66.4 Å². The Labute approximate surface area is 165 Å². The van der Waals surface area contributed by atoms with E-state index >= 15 is 0 Å². The molecular formula is C22H22N2O3S. The average Bonchev–Trinajstić information content (AvgIpc) is 2.74. The van der Waals surface area contributed by atoms with Crippen molar-refractivity contribution in [1.82, 2.24) is 9.29 Å². The van der Waals surface area contributed by atoms with Gasteiger partial charge in [0.25, 0.3) is 0 Å². The van der Waals surface area contributed by atoms with Gasteiger partial charge in [0, 0.05) is 18.9 Å². The summed E-state index contributed by atoms with van der Waals surface area (Å²) in [6.45, 7) is 2.87. The van der Waals surface area contributed by atoms with Crippen molar-refractivity contribution in [1.29, 1.82) is 0 Å². The first kappa shape index (κ1) is 18.7. The highest BCUT2D eigenvalue weighted by atomic mass is 32.2. The van der Waals surface area contributed by atoms with Gasteiger partial charge in [-0.3, -0.25) is 4.98 Å². The predicted molar refractivity (Wildman–Crippen MR) is 108 cm³/mol. The summed E-state index contributed by atoms with van der Waals surface area (Å²) in [6.07, 6.45) is 4.09. The third-order valence-corrected chi connectivity index (χ3v) is 6.88. The van der Waals surface area contributed by atoms with Gasteiger partial charge in [0.2, 0.25) is 10.0 Å². The Kier molecular flexibility index (Phi) is 5.15. The number of rotatable bonds is 5. The van der Waals surface area contributed by atoms with Gasteiger partial charge in [-0.25, -0.2) is 8.42 Å². The quantitative estimate of drug-likeness (QED) is 0.660. The number of nitrogens with zero attached hydrogens (tertiary/aromatic N) is 2. The Morgan fingerprint density at radius 1 is 1.04 bits per heavy atom. The summed E-state index contributed by atoms with van der Waals surface area (Å²) in [4.78, 5) is 4.36. The van der Waals surface area contributed by atoms with Gasteiger partial charge < -0.3 is 4.74 Å². The zero-order valence-electron chi connectivity index (χ0n) is 15.7. The molecule has 0 radical (unpaired) electrons. The molecule has 4 rings (SSSR count). The van der Waals surface area contributed by atoms with Gasteiger partial charge >= 0.3 is 0 Å². The Morgan fingerprint density at radius 2 is 1.75 bits per heavy atom. The lowest BCUT2D eigenvalue weighted by atomic mass is 9.90. The van der Waals surface area contributed by atoms with E-state index in [9.17, 15) is 8.42 Å². The predicted octanol–water partition coefficient (Wildman–Crippen LogP) is 3.82. The Balaban J connectivity index is 1.78. The second kappa shape index (κ2) is 7.73. The van der Waals surface area contributed by atoms with Crippen LogP contribution in [0.2, 0.25) is 0 Å². The van der Waals surface area contributed by atoms with Crippen molar-refractivity contribution in [2.24, 2.45) is 0 Å². The van der Waals surface area contributed by atoms with Crippen LogP contribution < -0.4 is 4.74 Å². The Bertz CT molecular complexity index is 1050. The second-order valence-electron chi connectivity index (χ2n) is 6.65. The minimum Gasteiger partial charge on any atom is -0.494 e. The molecule has 0 saturated carbocycles. The number of benzene rings is 2. The van der Waals surface area contributed by atoms with E-state index in [1.54, 1.807) is 41.0 Å². The van der Waals surface area contributed by atoms with E-state index in [-0.39, 0.29) is 10.9 Å². The number of aromatic nitrogens is 1. The summed E-state index contributed by atoms with van der Waals surface area (Å²) in [5.74, 6) is 0.663. The Hall–Kier alpha value is -2.70. The van der Waals surface area contributed by atoms with Crippen molar-refractivity contribution >= 4 is 10.0 Å². The molecule has 1 unspecified atom stereocenters. The molecule has 3 aromatic rings. The van der Waals surface area contributed by atoms with E-state index < -0.39 is 10.0 Å². The normalized spacial score (nSPS) is 17.1. The summed E-state index contributed by atoms with van der Waals surface area (Å²) >= 11 is 0. The zero-order chi connectivity index (χ0) is 19.6. The molecule has 0 aliphatic carbocycles. The van der Waals surface area contributed by atoms with Crippen LogP contribution in [0.5, 0.6) is 5.75 Å². The maximum absolute atomic E-state index is 13.5. The molecule has 144 valence electrons. The minimum absolute atomic E-state index is 0.273. The fraction of sp³-hybridized carbons (Fsp3) is 0.227. The van der Waals surface area contributed by atoms with Crippen molar-refractivity contribution in [3.05, 3.63) is 89.7 Å². The first-order chi connectivity index (χ1) is 13.6. The third kappa shape index (κ3) is 3.41. The van der Waals surface area contributed by atoms with Gasteiger partial charge in [-0.2, -0.15) is 4.31 Å². The largest absolute Gasteiger partial charge is 0.494 e. The molecule has 0 amide bonds. The van der Waals surface area contributed by atoms with Crippen LogP contribution in [-0.2, 0) is 16.4 Å². The van der Waals surface area contributed by atoms with E-state index in [1.807, 2.05) is 37.3 Å². The van der Waals surface area contributed by atoms with Gasteiger partial charge in [0.1, 0.15) is 5.75 Å². The van der Waals surface area contributed by atoms with Crippen LogP contribution in [-0.4, -0.2) is 30.9 Å². The van der Waals surface area contributed by atoms with E-state index in [2.05, 4.69) is 11.1 Å². The third-order valence-electron chi connectivity index (χ3n) is 5.00. The molecule has 0 spiro atoms. The van der Waals surface area contributed by atoms with Crippen LogP contribution in [0.3, 0.4) is 0 Å². The molecule has 2 aromatic carbocycles. The lowest BCUT2D eigenvalue weighted by Crippen LogP contribution is -2.40. The molecule has 1 aliphatic heterocycles. The maximum atomic E-state index is 13.5. The van der Waals surface area contributed by atoms with E-state index in [1.165, 1.54) is 5.56 Å². The van der Waals surface area contributed by atoms with Gasteiger partial charge in [-0.15, -0.1) is 0 Å². The monoisotopic (exact) mass is 394 g/mol.